The van der Waals surface area contributed by atoms with Gasteiger partial charge in [-0.25, -0.2) is 0 Å². The third-order valence-corrected chi connectivity index (χ3v) is 2.52. The van der Waals surface area contributed by atoms with E-state index in [1.54, 1.807) is 0 Å². The van der Waals surface area contributed by atoms with Gasteiger partial charge in [-0.05, 0) is 28.1 Å². The summed E-state index contributed by atoms with van der Waals surface area (Å²) in [5.74, 6) is 0.0694. The molecular weight excluding hydrogens is 126 g/mol. The molecule has 3 nitrogen and oxygen atoms in total. The van der Waals surface area contributed by atoms with Crippen LogP contribution < -0.4 is 5.32 Å². The Hall–Kier alpha value is -0.120. The summed E-state index contributed by atoms with van der Waals surface area (Å²) in [4.78, 5) is 4.51. The molecule has 1 aliphatic heterocycles. The number of nitrogens with one attached hydrogen (secondary N) is 1. The average Bonchev–Trinajstić information content (AvgIpc) is 2.15. The maximum atomic E-state index is 3.43. The van der Waals surface area contributed by atoms with Gasteiger partial charge in [-0.1, -0.05) is 0 Å². The van der Waals surface area contributed by atoms with Crippen molar-refractivity contribution in [1.82, 2.24) is 15.1 Å². The fraction of sp³-hybridized carbons (Fsp3) is 1.00. The van der Waals surface area contributed by atoms with Crippen LogP contribution in [-0.4, -0.2) is 49.8 Å². The Kier molecular flexibility index (Phi) is 1.99. The van der Waals surface area contributed by atoms with E-state index in [0.29, 0.717) is 0 Å². The van der Waals surface area contributed by atoms with Crippen LogP contribution in [0.3, 0.4) is 0 Å². The van der Waals surface area contributed by atoms with Gasteiger partial charge in [-0.2, -0.15) is 0 Å². The van der Waals surface area contributed by atoms with Crippen LogP contribution in [0.15, 0.2) is 0 Å². The highest BCUT2D eigenvalue weighted by molar-refractivity contribution is 4.85. The molecule has 1 N–H and O–H groups in total. The molecule has 0 saturated carbocycles. The highest BCUT2D eigenvalue weighted by Crippen LogP contribution is 2.15. The second-order valence-corrected chi connectivity index (χ2v) is 3.26. The zero-order chi connectivity index (χ0) is 7.78. The lowest BCUT2D eigenvalue weighted by atomic mass is 10.3. The Bertz CT molecular complexity index is 124. The Morgan fingerprint density at radius 1 is 1.50 bits per heavy atom. The molecule has 1 fully saturated rings. The molecule has 0 amide bonds. The van der Waals surface area contributed by atoms with Crippen LogP contribution in [0.4, 0.5) is 0 Å². The van der Waals surface area contributed by atoms with Crippen molar-refractivity contribution in [1.29, 1.82) is 0 Å². The molecule has 60 valence electrons. The Balaban J connectivity index is 2.66. The van der Waals surface area contributed by atoms with Crippen molar-refractivity contribution in [2.45, 2.75) is 12.7 Å². The van der Waals surface area contributed by atoms with Crippen LogP contribution in [0.2, 0.25) is 0 Å². The monoisotopic (exact) mass is 143 g/mol. The molecular formula is C7H17N3. The Morgan fingerprint density at radius 3 is 2.30 bits per heavy atom. The van der Waals surface area contributed by atoms with Gasteiger partial charge in [0.05, 0.1) is 0 Å². The van der Waals surface area contributed by atoms with E-state index in [1.807, 2.05) is 0 Å². The van der Waals surface area contributed by atoms with Gasteiger partial charge in [0, 0.05) is 13.1 Å². The van der Waals surface area contributed by atoms with Crippen LogP contribution >= 0.6 is 0 Å². The minimum absolute atomic E-state index is 0.0694. The van der Waals surface area contributed by atoms with Gasteiger partial charge in [-0.15, -0.1) is 0 Å². The van der Waals surface area contributed by atoms with Gasteiger partial charge in [0.1, 0.15) is 5.79 Å². The topological polar surface area (TPSA) is 18.5 Å². The van der Waals surface area contributed by atoms with Gasteiger partial charge >= 0.3 is 0 Å². The maximum Gasteiger partial charge on any atom is 0.124 e. The first kappa shape index (κ1) is 7.98. The summed E-state index contributed by atoms with van der Waals surface area (Å²) in [7, 11) is 6.32. The van der Waals surface area contributed by atoms with Crippen molar-refractivity contribution in [2.24, 2.45) is 0 Å². The van der Waals surface area contributed by atoms with E-state index in [-0.39, 0.29) is 5.79 Å². The number of nitrogens with zero attached hydrogens (tertiary/aromatic N) is 2. The lowest BCUT2D eigenvalue weighted by Gasteiger charge is -2.38. The average molecular weight is 143 g/mol. The van der Waals surface area contributed by atoms with E-state index in [9.17, 15) is 0 Å². The number of hydrogen-bond donors (Lipinski definition) is 1. The van der Waals surface area contributed by atoms with Crippen LogP contribution in [0.1, 0.15) is 6.92 Å². The van der Waals surface area contributed by atoms with Gasteiger partial charge in [0.2, 0.25) is 0 Å². The zero-order valence-corrected chi connectivity index (χ0v) is 7.31. The highest BCUT2D eigenvalue weighted by atomic mass is 15.5. The predicted octanol–water partition coefficient (Wildman–Crippen LogP) is -0.243. The first-order valence-corrected chi connectivity index (χ1v) is 3.71. The minimum Gasteiger partial charge on any atom is -0.286 e. The van der Waals surface area contributed by atoms with Crippen LogP contribution in [0.25, 0.3) is 0 Å². The van der Waals surface area contributed by atoms with E-state index < -0.39 is 0 Å². The molecule has 3 heteroatoms. The quantitative estimate of drug-likeness (QED) is 0.546. The van der Waals surface area contributed by atoms with Gasteiger partial charge < -0.3 is 0 Å². The number of rotatable bonds is 1. The normalized spacial score (nSPS) is 35.7. The van der Waals surface area contributed by atoms with Crippen LogP contribution in [0.5, 0.6) is 0 Å². The molecule has 0 aromatic rings. The number of hydrogen-bond acceptors (Lipinski definition) is 3. The van der Waals surface area contributed by atoms with E-state index in [2.05, 4.69) is 43.2 Å². The third-order valence-electron chi connectivity index (χ3n) is 2.52. The second-order valence-electron chi connectivity index (χ2n) is 3.26. The Morgan fingerprint density at radius 2 is 2.10 bits per heavy atom. The van der Waals surface area contributed by atoms with Crippen molar-refractivity contribution in [3.05, 3.63) is 0 Å². The van der Waals surface area contributed by atoms with Crippen LogP contribution in [0, 0.1) is 0 Å². The van der Waals surface area contributed by atoms with Gasteiger partial charge in [0.25, 0.3) is 0 Å². The first-order valence-electron chi connectivity index (χ1n) is 3.71. The van der Waals surface area contributed by atoms with Crippen molar-refractivity contribution >= 4 is 0 Å². The molecule has 0 aliphatic carbocycles. The standard InChI is InChI=1S/C7H17N3/c1-7(9(2)3)8-5-6-10(7)4/h8H,5-6H2,1-4H3. The summed E-state index contributed by atoms with van der Waals surface area (Å²) < 4.78 is 0. The van der Waals surface area contributed by atoms with Crippen molar-refractivity contribution in [2.75, 3.05) is 34.2 Å². The van der Waals surface area contributed by atoms with Crippen LogP contribution in [-0.2, 0) is 0 Å². The summed E-state index contributed by atoms with van der Waals surface area (Å²) in [5, 5.41) is 3.43. The fourth-order valence-electron chi connectivity index (χ4n) is 1.31. The molecule has 1 rings (SSSR count). The van der Waals surface area contributed by atoms with E-state index in [0.717, 1.165) is 13.1 Å². The fourth-order valence-corrected chi connectivity index (χ4v) is 1.31. The minimum atomic E-state index is 0.0694. The van der Waals surface area contributed by atoms with Gasteiger partial charge in [0.15, 0.2) is 0 Å². The summed E-state index contributed by atoms with van der Waals surface area (Å²) in [6.07, 6.45) is 0. The molecule has 10 heavy (non-hydrogen) atoms. The maximum absolute atomic E-state index is 3.43. The molecule has 0 aromatic carbocycles. The van der Waals surface area contributed by atoms with Crippen molar-refractivity contribution in [3.63, 3.8) is 0 Å². The molecule has 0 bridgehead atoms. The summed E-state index contributed by atoms with van der Waals surface area (Å²) in [5.41, 5.74) is 0. The molecule has 1 unspecified atom stereocenters. The summed E-state index contributed by atoms with van der Waals surface area (Å²) in [6, 6.07) is 0. The van der Waals surface area contributed by atoms with E-state index in [1.165, 1.54) is 0 Å². The second kappa shape index (κ2) is 2.49. The zero-order valence-electron chi connectivity index (χ0n) is 7.31. The lowest BCUT2D eigenvalue weighted by molar-refractivity contribution is 0.0198. The molecule has 0 aromatic heterocycles. The predicted molar refractivity (Wildman–Crippen MR) is 42.7 cm³/mol. The number of likely N-dealkylation sites (N-methyl/N-ethyl adjacent to an activating group) is 1. The lowest BCUT2D eigenvalue weighted by Crippen LogP contribution is -2.57. The summed E-state index contributed by atoms with van der Waals surface area (Å²) >= 11 is 0. The van der Waals surface area contributed by atoms with E-state index >= 15 is 0 Å². The molecule has 1 aliphatic rings. The molecule has 1 atom stereocenters. The van der Waals surface area contributed by atoms with Crippen molar-refractivity contribution < 1.29 is 0 Å². The smallest absolute Gasteiger partial charge is 0.124 e. The third kappa shape index (κ3) is 1.05. The highest BCUT2D eigenvalue weighted by Gasteiger charge is 2.34. The Labute approximate surface area is 63.0 Å². The molecule has 0 radical (unpaired) electrons. The molecule has 0 spiro atoms. The first-order chi connectivity index (χ1) is 4.57. The SMILES string of the molecule is CN(C)C1(C)NCCN1C. The summed E-state index contributed by atoms with van der Waals surface area (Å²) in [6.45, 7) is 4.42. The van der Waals surface area contributed by atoms with E-state index in [4.69, 9.17) is 0 Å². The largest absolute Gasteiger partial charge is 0.286 e. The molecule has 1 heterocycles. The van der Waals surface area contributed by atoms with Crippen molar-refractivity contribution in [3.8, 4) is 0 Å². The van der Waals surface area contributed by atoms with Gasteiger partial charge in [-0.3, -0.25) is 15.1 Å². The molecule has 1 saturated heterocycles.